The van der Waals surface area contributed by atoms with E-state index in [-0.39, 0.29) is 17.5 Å². The van der Waals surface area contributed by atoms with Crippen LogP contribution in [0.5, 0.6) is 5.75 Å². The van der Waals surface area contributed by atoms with Gasteiger partial charge < -0.3 is 14.6 Å². The van der Waals surface area contributed by atoms with Crippen molar-refractivity contribution in [3.63, 3.8) is 0 Å². The maximum atomic E-state index is 12.7. The molecule has 1 atom stereocenters. The number of ether oxygens (including phenoxy) is 1. The van der Waals surface area contributed by atoms with Crippen molar-refractivity contribution >= 4 is 27.5 Å². The first-order valence-corrected chi connectivity index (χ1v) is 9.11. The summed E-state index contributed by atoms with van der Waals surface area (Å²) < 4.78 is 6.79. The van der Waals surface area contributed by atoms with Crippen LogP contribution in [-0.4, -0.2) is 28.6 Å². The SMILES string of the molecule is COc1ccccc1CC(C)NC(=O)c1sc2ncn(C)c(=O)c2c1C. The molecule has 0 radical (unpaired) electrons. The molecule has 1 aromatic carbocycles. The van der Waals surface area contributed by atoms with Crippen LogP contribution in [0.25, 0.3) is 10.2 Å². The van der Waals surface area contributed by atoms with Crippen LogP contribution in [0.1, 0.15) is 27.7 Å². The molecule has 0 fully saturated rings. The Morgan fingerprint density at radius 1 is 1.38 bits per heavy atom. The number of carbonyl (C=O) groups is 1. The van der Waals surface area contributed by atoms with Gasteiger partial charge in [0, 0.05) is 13.1 Å². The number of fused-ring (bicyclic) bond motifs is 1. The van der Waals surface area contributed by atoms with Crippen molar-refractivity contribution in [1.82, 2.24) is 14.9 Å². The van der Waals surface area contributed by atoms with E-state index in [1.165, 1.54) is 22.2 Å². The third kappa shape index (κ3) is 3.35. The van der Waals surface area contributed by atoms with Gasteiger partial charge in [0.25, 0.3) is 11.5 Å². The van der Waals surface area contributed by atoms with Crippen molar-refractivity contribution < 1.29 is 9.53 Å². The highest BCUT2D eigenvalue weighted by Gasteiger charge is 2.20. The zero-order valence-electron chi connectivity index (χ0n) is 15.2. The average Bonchev–Trinajstić information content (AvgIpc) is 2.96. The van der Waals surface area contributed by atoms with Crippen LogP contribution >= 0.6 is 11.3 Å². The Morgan fingerprint density at radius 2 is 2.12 bits per heavy atom. The van der Waals surface area contributed by atoms with E-state index in [2.05, 4.69) is 10.3 Å². The molecule has 2 heterocycles. The molecule has 1 unspecified atom stereocenters. The smallest absolute Gasteiger partial charge is 0.262 e. The molecule has 7 heteroatoms. The molecule has 3 aromatic rings. The minimum Gasteiger partial charge on any atom is -0.496 e. The number of rotatable bonds is 5. The predicted molar refractivity (Wildman–Crippen MR) is 103 cm³/mol. The van der Waals surface area contributed by atoms with Crippen molar-refractivity contribution in [2.24, 2.45) is 7.05 Å². The summed E-state index contributed by atoms with van der Waals surface area (Å²) in [5.41, 5.74) is 1.58. The maximum Gasteiger partial charge on any atom is 0.262 e. The molecule has 2 aromatic heterocycles. The van der Waals surface area contributed by atoms with Gasteiger partial charge in [0.2, 0.25) is 0 Å². The summed E-state index contributed by atoms with van der Waals surface area (Å²) in [6.45, 7) is 3.74. The molecular weight excluding hydrogens is 350 g/mol. The zero-order valence-corrected chi connectivity index (χ0v) is 16.0. The third-order valence-corrected chi connectivity index (χ3v) is 5.51. The minimum atomic E-state index is -0.185. The molecule has 0 aliphatic heterocycles. The van der Waals surface area contributed by atoms with E-state index in [1.807, 2.05) is 31.2 Å². The second-order valence-corrected chi connectivity index (χ2v) is 7.29. The fourth-order valence-electron chi connectivity index (χ4n) is 2.97. The standard InChI is InChI=1S/C19H21N3O3S/c1-11(9-13-7-5-6-8-14(13)25-4)21-17(23)16-12(2)15-18(26-16)20-10-22(3)19(15)24/h5-8,10-11H,9H2,1-4H3,(H,21,23). The van der Waals surface area contributed by atoms with E-state index in [0.717, 1.165) is 11.3 Å². The summed E-state index contributed by atoms with van der Waals surface area (Å²) in [5, 5.41) is 3.53. The van der Waals surface area contributed by atoms with Crippen LogP contribution in [0, 0.1) is 6.92 Å². The molecule has 6 nitrogen and oxygen atoms in total. The normalized spacial score (nSPS) is 12.2. The highest BCUT2D eigenvalue weighted by atomic mass is 32.1. The summed E-state index contributed by atoms with van der Waals surface area (Å²) in [6.07, 6.45) is 2.13. The fourth-order valence-corrected chi connectivity index (χ4v) is 4.01. The largest absolute Gasteiger partial charge is 0.496 e. The number of thiophene rings is 1. The molecule has 0 saturated heterocycles. The summed E-state index contributed by atoms with van der Waals surface area (Å²) in [7, 11) is 3.29. The van der Waals surface area contributed by atoms with Gasteiger partial charge >= 0.3 is 0 Å². The van der Waals surface area contributed by atoms with Crippen LogP contribution in [0.2, 0.25) is 0 Å². The number of methoxy groups -OCH3 is 1. The quantitative estimate of drug-likeness (QED) is 0.748. The van der Waals surface area contributed by atoms with Crippen molar-refractivity contribution in [2.45, 2.75) is 26.3 Å². The lowest BCUT2D eigenvalue weighted by molar-refractivity contribution is 0.0943. The Bertz CT molecular complexity index is 1020. The number of hydrogen-bond acceptors (Lipinski definition) is 5. The maximum absolute atomic E-state index is 12.7. The monoisotopic (exact) mass is 371 g/mol. The molecule has 1 amide bonds. The van der Waals surface area contributed by atoms with Crippen LogP contribution < -0.4 is 15.6 Å². The Balaban J connectivity index is 1.82. The fraction of sp³-hybridized carbons (Fsp3) is 0.316. The lowest BCUT2D eigenvalue weighted by atomic mass is 10.1. The highest BCUT2D eigenvalue weighted by Crippen LogP contribution is 2.27. The van der Waals surface area contributed by atoms with Crippen LogP contribution in [0.15, 0.2) is 35.4 Å². The first kappa shape index (κ1) is 18.1. The Hall–Kier alpha value is -2.67. The molecule has 0 aliphatic carbocycles. The number of amides is 1. The topological polar surface area (TPSA) is 73.2 Å². The summed E-state index contributed by atoms with van der Waals surface area (Å²) >= 11 is 1.25. The molecule has 0 aliphatic rings. The van der Waals surface area contributed by atoms with Crippen LogP contribution in [0.4, 0.5) is 0 Å². The number of benzene rings is 1. The van der Waals surface area contributed by atoms with Crippen molar-refractivity contribution in [2.75, 3.05) is 7.11 Å². The molecule has 0 saturated carbocycles. The second-order valence-electron chi connectivity index (χ2n) is 6.29. The second kappa shape index (κ2) is 7.29. The Morgan fingerprint density at radius 3 is 2.85 bits per heavy atom. The zero-order chi connectivity index (χ0) is 18.8. The van der Waals surface area contributed by atoms with E-state index >= 15 is 0 Å². The van der Waals surface area contributed by atoms with Crippen molar-refractivity contribution in [3.05, 3.63) is 57.0 Å². The Kier molecular flexibility index (Phi) is 5.08. The number of aromatic nitrogens is 2. The van der Waals surface area contributed by atoms with Gasteiger partial charge in [0.05, 0.1) is 23.7 Å². The van der Waals surface area contributed by atoms with Crippen molar-refractivity contribution in [3.8, 4) is 5.75 Å². The highest BCUT2D eigenvalue weighted by molar-refractivity contribution is 7.20. The minimum absolute atomic E-state index is 0.0841. The van der Waals surface area contributed by atoms with Gasteiger partial charge in [0.1, 0.15) is 10.6 Å². The van der Waals surface area contributed by atoms with Crippen molar-refractivity contribution in [1.29, 1.82) is 0 Å². The van der Waals surface area contributed by atoms with Gasteiger partial charge in [-0.2, -0.15) is 0 Å². The summed E-state index contributed by atoms with van der Waals surface area (Å²) in [6, 6.07) is 7.67. The van der Waals surface area contributed by atoms with Gasteiger partial charge in [-0.3, -0.25) is 9.59 Å². The lowest BCUT2D eigenvalue weighted by Crippen LogP contribution is -2.34. The number of hydrogen-bond donors (Lipinski definition) is 1. The molecular formula is C19H21N3O3S. The van der Waals surface area contributed by atoms with Gasteiger partial charge in [-0.05, 0) is 37.5 Å². The molecule has 0 bridgehead atoms. The first-order valence-electron chi connectivity index (χ1n) is 8.29. The van der Waals surface area contributed by atoms with E-state index in [0.29, 0.717) is 27.1 Å². The van der Waals surface area contributed by atoms with Crippen LogP contribution in [0.3, 0.4) is 0 Å². The first-order chi connectivity index (χ1) is 12.4. The average molecular weight is 371 g/mol. The lowest BCUT2D eigenvalue weighted by Gasteiger charge is -2.15. The number of aryl methyl sites for hydroxylation is 2. The van der Waals surface area contributed by atoms with E-state index in [1.54, 1.807) is 21.1 Å². The van der Waals surface area contributed by atoms with Gasteiger partial charge in [-0.1, -0.05) is 18.2 Å². The van der Waals surface area contributed by atoms with E-state index in [9.17, 15) is 9.59 Å². The number of nitrogens with zero attached hydrogens (tertiary/aromatic N) is 2. The van der Waals surface area contributed by atoms with Gasteiger partial charge in [-0.15, -0.1) is 11.3 Å². The van der Waals surface area contributed by atoms with E-state index in [4.69, 9.17) is 4.74 Å². The number of para-hydroxylation sites is 1. The van der Waals surface area contributed by atoms with Crippen LogP contribution in [-0.2, 0) is 13.5 Å². The molecule has 26 heavy (non-hydrogen) atoms. The summed E-state index contributed by atoms with van der Waals surface area (Å²) in [5.74, 6) is 0.620. The number of nitrogens with one attached hydrogen (secondary N) is 1. The Labute approximate surface area is 155 Å². The number of carbonyl (C=O) groups excluding carboxylic acids is 1. The predicted octanol–water partition coefficient (Wildman–Crippen LogP) is 2.67. The molecule has 136 valence electrons. The molecule has 0 spiro atoms. The molecule has 3 rings (SSSR count). The third-order valence-electron chi connectivity index (χ3n) is 4.31. The van der Waals surface area contributed by atoms with Gasteiger partial charge in [-0.25, -0.2) is 4.98 Å². The van der Waals surface area contributed by atoms with E-state index < -0.39 is 0 Å². The molecule has 1 N–H and O–H groups in total. The summed E-state index contributed by atoms with van der Waals surface area (Å²) in [4.78, 5) is 30.4. The van der Waals surface area contributed by atoms with Gasteiger partial charge in [0.15, 0.2) is 0 Å².